The Hall–Kier alpha value is -1.16. The summed E-state index contributed by atoms with van der Waals surface area (Å²) in [5.74, 6) is -0.921. The molecule has 0 unspecified atom stereocenters. The Morgan fingerprint density at radius 3 is 2.05 bits per heavy atom. The van der Waals surface area contributed by atoms with E-state index in [9.17, 15) is 8.78 Å². The summed E-state index contributed by atoms with van der Waals surface area (Å²) in [6.45, 7) is 10.9. The van der Waals surface area contributed by atoms with Crippen molar-refractivity contribution < 1.29 is 8.78 Å². The molecular weight excluding hydrogens is 270 g/mol. The van der Waals surface area contributed by atoms with Gasteiger partial charge < -0.3 is 9.80 Å². The van der Waals surface area contributed by atoms with Crippen molar-refractivity contribution in [1.82, 2.24) is 4.90 Å². The summed E-state index contributed by atoms with van der Waals surface area (Å²) in [6.07, 6.45) is 1.91. The van der Waals surface area contributed by atoms with Crippen molar-refractivity contribution in [3.63, 3.8) is 0 Å². The standard InChI is InChI=1S/C15H22F2N2.C2H6/c1-4-19-7-5-12(6-8-19)18(3)15-13(16)9-11(2)10-14(15)17;1-2/h9-10,12H,4-8H2,1-3H3;1-2H3. The summed E-state index contributed by atoms with van der Waals surface area (Å²) in [5.41, 5.74) is 0.730. The number of piperidine rings is 1. The lowest BCUT2D eigenvalue weighted by molar-refractivity contribution is 0.220. The third-order valence-electron chi connectivity index (χ3n) is 4.07. The highest BCUT2D eigenvalue weighted by molar-refractivity contribution is 5.50. The van der Waals surface area contributed by atoms with Crippen LogP contribution in [-0.4, -0.2) is 37.6 Å². The molecule has 1 saturated heterocycles. The van der Waals surface area contributed by atoms with E-state index in [2.05, 4.69) is 11.8 Å². The van der Waals surface area contributed by atoms with E-state index in [0.29, 0.717) is 5.56 Å². The van der Waals surface area contributed by atoms with E-state index in [1.54, 1.807) is 18.9 Å². The SMILES string of the molecule is CC.CCN1CCC(N(C)c2c(F)cc(C)cc2F)CC1. The van der Waals surface area contributed by atoms with Crippen LogP contribution < -0.4 is 4.90 Å². The van der Waals surface area contributed by atoms with Gasteiger partial charge in [0.05, 0.1) is 0 Å². The average molecular weight is 298 g/mol. The Morgan fingerprint density at radius 2 is 1.62 bits per heavy atom. The Bertz CT molecular complexity index is 417. The molecule has 1 aromatic rings. The van der Waals surface area contributed by atoms with Crippen LogP contribution in [0.15, 0.2) is 12.1 Å². The molecule has 0 aromatic heterocycles. The number of hydrogen-bond acceptors (Lipinski definition) is 2. The highest BCUT2D eigenvalue weighted by Crippen LogP contribution is 2.28. The van der Waals surface area contributed by atoms with Crippen LogP contribution in [0.2, 0.25) is 0 Å². The highest BCUT2D eigenvalue weighted by atomic mass is 19.1. The van der Waals surface area contributed by atoms with Gasteiger partial charge in [-0.1, -0.05) is 20.8 Å². The lowest BCUT2D eigenvalue weighted by Gasteiger charge is -2.37. The van der Waals surface area contributed by atoms with Crippen LogP contribution in [0.5, 0.6) is 0 Å². The normalized spacial score (nSPS) is 16.3. The summed E-state index contributed by atoms with van der Waals surface area (Å²) < 4.78 is 27.9. The molecule has 1 aliphatic heterocycles. The average Bonchev–Trinajstić information content (AvgIpc) is 2.48. The van der Waals surface area contributed by atoms with E-state index >= 15 is 0 Å². The predicted octanol–water partition coefficient (Wildman–Crippen LogP) is 4.22. The summed E-state index contributed by atoms with van der Waals surface area (Å²) >= 11 is 0. The maximum Gasteiger partial charge on any atom is 0.149 e. The fourth-order valence-electron chi connectivity index (χ4n) is 2.83. The molecule has 1 fully saturated rings. The van der Waals surface area contributed by atoms with Crippen LogP contribution in [0.25, 0.3) is 0 Å². The van der Waals surface area contributed by atoms with Gasteiger partial charge >= 0.3 is 0 Å². The number of benzene rings is 1. The number of aryl methyl sites for hydroxylation is 1. The minimum atomic E-state index is -0.460. The van der Waals surface area contributed by atoms with Crippen LogP contribution in [0.1, 0.15) is 39.2 Å². The molecule has 0 amide bonds. The number of likely N-dealkylation sites (tertiary alicyclic amines) is 1. The maximum absolute atomic E-state index is 14.0. The van der Waals surface area contributed by atoms with Gasteiger partial charge in [-0.2, -0.15) is 0 Å². The van der Waals surface area contributed by atoms with Gasteiger partial charge in [0.2, 0.25) is 0 Å². The lowest BCUT2D eigenvalue weighted by atomic mass is 10.0. The van der Waals surface area contributed by atoms with Crippen LogP contribution >= 0.6 is 0 Å². The van der Waals surface area contributed by atoms with Crippen LogP contribution in [-0.2, 0) is 0 Å². The first-order valence-corrected chi connectivity index (χ1v) is 7.93. The van der Waals surface area contributed by atoms with Crippen molar-refractivity contribution in [3.8, 4) is 0 Å². The first kappa shape index (κ1) is 17.9. The highest BCUT2D eigenvalue weighted by Gasteiger charge is 2.25. The number of halogens is 2. The first-order chi connectivity index (χ1) is 10.0. The van der Waals surface area contributed by atoms with E-state index < -0.39 is 11.6 Å². The molecule has 0 bridgehead atoms. The van der Waals surface area contributed by atoms with Crippen molar-refractivity contribution in [2.45, 2.75) is 46.6 Å². The molecule has 0 N–H and O–H groups in total. The molecule has 0 radical (unpaired) electrons. The second kappa shape index (κ2) is 8.32. The smallest absolute Gasteiger partial charge is 0.149 e. The minimum absolute atomic E-state index is 0.112. The van der Waals surface area contributed by atoms with Gasteiger partial charge in [-0.05, 0) is 44.0 Å². The van der Waals surface area contributed by atoms with Gasteiger partial charge in [0.25, 0.3) is 0 Å². The molecule has 4 heteroatoms. The molecule has 0 spiro atoms. The fourth-order valence-corrected chi connectivity index (χ4v) is 2.83. The molecule has 2 nitrogen and oxygen atoms in total. The van der Waals surface area contributed by atoms with Crippen molar-refractivity contribution in [2.75, 3.05) is 31.6 Å². The summed E-state index contributed by atoms with van der Waals surface area (Å²) in [6, 6.07) is 3.01. The van der Waals surface area contributed by atoms with Crippen LogP contribution in [0.4, 0.5) is 14.5 Å². The second-order valence-corrected chi connectivity index (χ2v) is 5.35. The molecule has 21 heavy (non-hydrogen) atoms. The second-order valence-electron chi connectivity index (χ2n) is 5.35. The monoisotopic (exact) mass is 298 g/mol. The zero-order valence-electron chi connectivity index (χ0n) is 13.9. The van der Waals surface area contributed by atoms with Gasteiger partial charge in [-0.15, -0.1) is 0 Å². The van der Waals surface area contributed by atoms with E-state index in [4.69, 9.17) is 0 Å². The Morgan fingerprint density at radius 1 is 1.14 bits per heavy atom. The van der Waals surface area contributed by atoms with E-state index in [0.717, 1.165) is 32.5 Å². The van der Waals surface area contributed by atoms with E-state index in [-0.39, 0.29) is 11.7 Å². The molecule has 1 aliphatic rings. The number of anilines is 1. The van der Waals surface area contributed by atoms with Gasteiger partial charge in [0.15, 0.2) is 0 Å². The largest absolute Gasteiger partial charge is 0.367 e. The van der Waals surface area contributed by atoms with Gasteiger partial charge in [0, 0.05) is 26.2 Å². The van der Waals surface area contributed by atoms with Gasteiger partial charge in [-0.25, -0.2) is 8.78 Å². The number of rotatable bonds is 3. The van der Waals surface area contributed by atoms with Gasteiger partial charge in [0.1, 0.15) is 17.3 Å². The maximum atomic E-state index is 14.0. The first-order valence-electron chi connectivity index (χ1n) is 7.93. The summed E-state index contributed by atoms with van der Waals surface area (Å²) in [5, 5.41) is 0. The van der Waals surface area contributed by atoms with Crippen molar-refractivity contribution in [3.05, 3.63) is 29.3 Å². The summed E-state index contributed by atoms with van der Waals surface area (Å²) in [7, 11) is 1.79. The fraction of sp³-hybridized carbons (Fsp3) is 0.647. The predicted molar refractivity (Wildman–Crippen MR) is 86.0 cm³/mol. The van der Waals surface area contributed by atoms with E-state index in [1.165, 1.54) is 12.1 Å². The zero-order valence-corrected chi connectivity index (χ0v) is 13.9. The summed E-state index contributed by atoms with van der Waals surface area (Å²) in [4.78, 5) is 4.14. The quantitative estimate of drug-likeness (QED) is 0.824. The van der Waals surface area contributed by atoms with Crippen LogP contribution in [0, 0.1) is 18.6 Å². The minimum Gasteiger partial charge on any atom is -0.367 e. The Balaban J connectivity index is 0.00000106. The molecule has 120 valence electrons. The number of nitrogens with zero attached hydrogens (tertiary/aromatic N) is 2. The van der Waals surface area contributed by atoms with Crippen molar-refractivity contribution in [1.29, 1.82) is 0 Å². The molecular formula is C17H28F2N2. The molecule has 0 atom stereocenters. The Labute approximate surface area is 127 Å². The molecule has 0 saturated carbocycles. The Kier molecular flexibility index (Phi) is 7.09. The topological polar surface area (TPSA) is 6.48 Å². The zero-order chi connectivity index (χ0) is 16.0. The molecule has 1 heterocycles. The molecule has 1 aromatic carbocycles. The van der Waals surface area contributed by atoms with Crippen molar-refractivity contribution in [2.24, 2.45) is 0 Å². The van der Waals surface area contributed by atoms with Crippen molar-refractivity contribution >= 4 is 5.69 Å². The molecule has 0 aliphatic carbocycles. The van der Waals surface area contributed by atoms with Crippen LogP contribution in [0.3, 0.4) is 0 Å². The van der Waals surface area contributed by atoms with E-state index in [1.807, 2.05) is 13.8 Å². The third-order valence-corrected chi connectivity index (χ3v) is 4.07. The number of hydrogen-bond donors (Lipinski definition) is 0. The molecule has 2 rings (SSSR count). The third kappa shape index (κ3) is 4.40. The lowest BCUT2D eigenvalue weighted by Crippen LogP contribution is -2.43. The van der Waals surface area contributed by atoms with Gasteiger partial charge in [-0.3, -0.25) is 0 Å².